The molecule has 1 aromatic heterocycles. The molecule has 2 N–H and O–H groups in total. The van der Waals surface area contributed by atoms with E-state index in [9.17, 15) is 8.76 Å². The Labute approximate surface area is 130 Å². The van der Waals surface area contributed by atoms with Crippen molar-refractivity contribution in [2.75, 3.05) is 0 Å². The van der Waals surface area contributed by atoms with Crippen molar-refractivity contribution < 1.29 is 8.76 Å². The van der Waals surface area contributed by atoms with Crippen molar-refractivity contribution in [1.29, 1.82) is 0 Å². The second-order valence-electron chi connectivity index (χ2n) is 5.23. The monoisotopic (exact) mass is 310 g/mol. The first-order chi connectivity index (χ1) is 10.8. The van der Waals surface area contributed by atoms with Crippen LogP contribution >= 0.6 is 0 Å². The topological polar surface area (TPSA) is 56.3 Å². The molecule has 1 aliphatic heterocycles. The number of aromatic amines is 1. The van der Waals surface area contributed by atoms with Crippen LogP contribution in [-0.2, 0) is 11.3 Å². The Balaban J connectivity index is 1.97. The average Bonchev–Trinajstić information content (AvgIpc) is 2.97. The lowest BCUT2D eigenvalue weighted by Gasteiger charge is -2.31. The van der Waals surface area contributed by atoms with Gasteiger partial charge < -0.3 is 4.98 Å². The molecule has 3 aromatic rings. The van der Waals surface area contributed by atoms with Gasteiger partial charge in [0.15, 0.2) is 0 Å². The molecule has 110 valence electrons. The van der Waals surface area contributed by atoms with Gasteiger partial charge in [0.1, 0.15) is 0 Å². The standard InChI is InChI=1S/C17H14N2O2S/c20-22(21)19-10-9-12-5-1-2-6-13(12)17(19)15-11-18-16-8-4-3-7-14(15)16/h1-11,17-18H,(H,20,21)/t17-/m0/s1. The van der Waals surface area contributed by atoms with Crippen molar-refractivity contribution in [2.45, 2.75) is 6.04 Å². The fraction of sp³-hybridized carbons (Fsp3) is 0.0588. The SMILES string of the molecule is O=S(O)N1C=Cc2ccccc2[C@H]1c1c[nH]c2ccccc12. The van der Waals surface area contributed by atoms with E-state index >= 15 is 0 Å². The number of H-pyrrole nitrogens is 1. The molecule has 1 unspecified atom stereocenters. The molecule has 0 bridgehead atoms. The number of hydrogen-bond donors (Lipinski definition) is 2. The lowest BCUT2D eigenvalue weighted by Crippen LogP contribution is -2.28. The Morgan fingerprint density at radius 3 is 2.68 bits per heavy atom. The van der Waals surface area contributed by atoms with Gasteiger partial charge in [0.25, 0.3) is 11.3 Å². The zero-order valence-corrected chi connectivity index (χ0v) is 12.5. The van der Waals surface area contributed by atoms with Gasteiger partial charge in [-0.25, -0.2) is 4.21 Å². The van der Waals surface area contributed by atoms with Gasteiger partial charge in [0, 0.05) is 28.9 Å². The van der Waals surface area contributed by atoms with Crippen molar-refractivity contribution in [1.82, 2.24) is 9.29 Å². The van der Waals surface area contributed by atoms with Crippen molar-refractivity contribution >= 4 is 28.2 Å². The van der Waals surface area contributed by atoms with Gasteiger partial charge in [-0.2, -0.15) is 0 Å². The van der Waals surface area contributed by atoms with E-state index in [1.807, 2.05) is 60.8 Å². The van der Waals surface area contributed by atoms with E-state index in [0.29, 0.717) is 0 Å². The Kier molecular flexibility index (Phi) is 3.10. The second-order valence-corrected chi connectivity index (χ2v) is 6.11. The van der Waals surface area contributed by atoms with Gasteiger partial charge in [-0.15, -0.1) is 0 Å². The summed E-state index contributed by atoms with van der Waals surface area (Å²) in [6.07, 6.45) is 5.48. The smallest absolute Gasteiger partial charge is 0.262 e. The molecule has 2 atom stereocenters. The highest BCUT2D eigenvalue weighted by Crippen LogP contribution is 2.39. The van der Waals surface area contributed by atoms with Crippen LogP contribution in [0, 0.1) is 0 Å². The Bertz CT molecular complexity index is 900. The number of fused-ring (bicyclic) bond motifs is 2. The highest BCUT2D eigenvalue weighted by molar-refractivity contribution is 7.76. The molecular weight excluding hydrogens is 296 g/mol. The van der Waals surface area contributed by atoms with E-state index in [4.69, 9.17) is 0 Å². The number of rotatable bonds is 2. The van der Waals surface area contributed by atoms with Crippen LogP contribution in [-0.4, -0.2) is 18.1 Å². The zero-order chi connectivity index (χ0) is 15.1. The summed E-state index contributed by atoms with van der Waals surface area (Å²) in [4.78, 5) is 3.24. The number of nitrogens with zero attached hydrogens (tertiary/aromatic N) is 1. The van der Waals surface area contributed by atoms with E-state index in [2.05, 4.69) is 4.98 Å². The molecule has 0 radical (unpaired) electrons. The predicted octanol–water partition coefficient (Wildman–Crippen LogP) is 3.68. The van der Waals surface area contributed by atoms with Crippen LogP contribution in [0.1, 0.15) is 22.7 Å². The molecule has 0 amide bonds. The maximum Gasteiger partial charge on any atom is 0.262 e. The first kappa shape index (κ1) is 13.3. The lowest BCUT2D eigenvalue weighted by molar-refractivity contribution is 0.430. The van der Waals surface area contributed by atoms with Gasteiger partial charge in [-0.1, -0.05) is 42.5 Å². The molecule has 5 heteroatoms. The van der Waals surface area contributed by atoms with Gasteiger partial charge in [0.2, 0.25) is 0 Å². The van der Waals surface area contributed by atoms with Crippen LogP contribution in [0.5, 0.6) is 0 Å². The Morgan fingerprint density at radius 2 is 1.82 bits per heavy atom. The third-order valence-corrected chi connectivity index (χ3v) is 4.74. The van der Waals surface area contributed by atoms with E-state index in [0.717, 1.165) is 27.6 Å². The van der Waals surface area contributed by atoms with Crippen molar-refractivity contribution in [3.63, 3.8) is 0 Å². The summed E-state index contributed by atoms with van der Waals surface area (Å²) < 4.78 is 22.9. The van der Waals surface area contributed by atoms with Crippen LogP contribution in [0.4, 0.5) is 0 Å². The molecule has 2 heterocycles. The van der Waals surface area contributed by atoms with Crippen LogP contribution in [0.3, 0.4) is 0 Å². The van der Waals surface area contributed by atoms with Crippen LogP contribution in [0.15, 0.2) is 60.9 Å². The second kappa shape index (κ2) is 5.12. The molecule has 4 nitrogen and oxygen atoms in total. The minimum Gasteiger partial charge on any atom is -0.361 e. The maximum absolute atomic E-state index is 11.8. The Hall–Kier alpha value is -2.37. The van der Waals surface area contributed by atoms with E-state index in [1.165, 1.54) is 4.31 Å². The fourth-order valence-corrected chi connectivity index (χ4v) is 3.63. The highest BCUT2D eigenvalue weighted by Gasteiger charge is 2.30. The van der Waals surface area contributed by atoms with Crippen molar-refractivity contribution in [3.05, 3.63) is 77.6 Å². The normalized spacial score (nSPS) is 18.4. The summed E-state index contributed by atoms with van der Waals surface area (Å²) in [7, 11) is 0. The molecule has 0 spiro atoms. The summed E-state index contributed by atoms with van der Waals surface area (Å²) in [5.74, 6) is 0. The summed E-state index contributed by atoms with van der Waals surface area (Å²) in [5, 5.41) is 1.06. The molecule has 0 fully saturated rings. The van der Waals surface area contributed by atoms with Gasteiger partial charge in [-0.05, 0) is 23.3 Å². The fourth-order valence-electron chi connectivity index (χ4n) is 3.06. The summed E-state index contributed by atoms with van der Waals surface area (Å²) >= 11 is -2.08. The first-order valence-electron chi connectivity index (χ1n) is 6.98. The van der Waals surface area contributed by atoms with Gasteiger partial charge >= 0.3 is 0 Å². The highest BCUT2D eigenvalue weighted by atomic mass is 32.2. The molecule has 0 saturated heterocycles. The molecular formula is C17H14N2O2S. The van der Waals surface area contributed by atoms with Crippen molar-refractivity contribution in [3.8, 4) is 0 Å². The largest absolute Gasteiger partial charge is 0.361 e. The van der Waals surface area contributed by atoms with E-state index < -0.39 is 11.3 Å². The van der Waals surface area contributed by atoms with Crippen LogP contribution in [0.25, 0.3) is 17.0 Å². The number of aromatic nitrogens is 1. The molecule has 0 aliphatic carbocycles. The molecule has 4 rings (SSSR count). The first-order valence-corrected chi connectivity index (χ1v) is 8.04. The molecule has 22 heavy (non-hydrogen) atoms. The number of benzene rings is 2. The third-order valence-electron chi connectivity index (χ3n) is 4.04. The summed E-state index contributed by atoms with van der Waals surface area (Å²) in [5.41, 5.74) is 4.11. The maximum atomic E-state index is 11.8. The minimum atomic E-state index is -2.08. The third kappa shape index (κ3) is 1.98. The minimum absolute atomic E-state index is 0.289. The summed E-state index contributed by atoms with van der Waals surface area (Å²) in [6, 6.07) is 15.6. The molecule has 2 aromatic carbocycles. The number of nitrogens with one attached hydrogen (secondary N) is 1. The number of hydrogen-bond acceptors (Lipinski definition) is 1. The lowest BCUT2D eigenvalue weighted by atomic mass is 9.92. The quantitative estimate of drug-likeness (QED) is 0.709. The van der Waals surface area contributed by atoms with Crippen LogP contribution < -0.4 is 0 Å². The van der Waals surface area contributed by atoms with Crippen molar-refractivity contribution in [2.24, 2.45) is 0 Å². The van der Waals surface area contributed by atoms with E-state index in [-0.39, 0.29) is 6.04 Å². The average molecular weight is 310 g/mol. The van der Waals surface area contributed by atoms with Crippen LogP contribution in [0.2, 0.25) is 0 Å². The zero-order valence-electron chi connectivity index (χ0n) is 11.6. The Morgan fingerprint density at radius 1 is 1.05 bits per heavy atom. The molecule has 1 aliphatic rings. The molecule has 0 saturated carbocycles. The van der Waals surface area contributed by atoms with Gasteiger partial charge in [-0.3, -0.25) is 8.86 Å². The van der Waals surface area contributed by atoms with E-state index in [1.54, 1.807) is 6.20 Å². The predicted molar refractivity (Wildman–Crippen MR) is 88.2 cm³/mol. The van der Waals surface area contributed by atoms with Gasteiger partial charge in [0.05, 0.1) is 6.04 Å². The summed E-state index contributed by atoms with van der Waals surface area (Å²) in [6.45, 7) is 0. The number of para-hydroxylation sites is 1.